The summed E-state index contributed by atoms with van der Waals surface area (Å²) in [6.45, 7) is 7.63. The molecule has 2 rings (SSSR count). The maximum atomic E-state index is 12.2. The molecule has 0 aromatic heterocycles. The Morgan fingerprint density at radius 3 is 2.06 bits per heavy atom. The molecule has 0 bridgehead atoms. The highest BCUT2D eigenvalue weighted by Gasteiger charge is 2.23. The highest BCUT2D eigenvalue weighted by atomic mass is 19.3. The first kappa shape index (κ1) is 24.3. The minimum atomic E-state index is -2.37. The van der Waals surface area contributed by atoms with E-state index in [1.165, 1.54) is 0 Å². The van der Waals surface area contributed by atoms with Crippen LogP contribution in [0.4, 0.5) is 8.78 Å². The van der Waals surface area contributed by atoms with Gasteiger partial charge in [-0.05, 0) is 41.5 Å². The molecule has 5 nitrogen and oxygen atoms in total. The summed E-state index contributed by atoms with van der Waals surface area (Å²) in [5.41, 5.74) is 1.81. The van der Waals surface area contributed by atoms with E-state index in [1.807, 2.05) is 36.4 Å². The molecule has 2 N–H and O–H groups in total. The standard InChI is InChI=1S/C24H29F2NO4/c1-4-23(29)27-15-19(28)16-31-21-11-7-18(8-12-21)24(2,3)17-5-9-20(10-6-17)30-14-13-22(25)26/h4-12,19,22,28H,1,13-16H2,2-3H3,(H,27,29). The molecule has 1 unspecified atom stereocenters. The first-order chi connectivity index (χ1) is 14.7. The molecule has 0 saturated heterocycles. The van der Waals surface area contributed by atoms with E-state index in [-0.39, 0.29) is 37.5 Å². The van der Waals surface area contributed by atoms with Gasteiger partial charge in [-0.15, -0.1) is 0 Å². The Labute approximate surface area is 181 Å². The fourth-order valence-electron chi connectivity index (χ4n) is 2.91. The van der Waals surface area contributed by atoms with Crippen molar-refractivity contribution in [3.63, 3.8) is 0 Å². The summed E-state index contributed by atoms with van der Waals surface area (Å²) in [4.78, 5) is 11.1. The third-order valence-corrected chi connectivity index (χ3v) is 4.90. The minimum absolute atomic E-state index is 0.0167. The van der Waals surface area contributed by atoms with E-state index in [2.05, 4.69) is 25.7 Å². The van der Waals surface area contributed by atoms with Crippen LogP contribution in [0.3, 0.4) is 0 Å². The summed E-state index contributed by atoms with van der Waals surface area (Å²) < 4.78 is 35.4. The van der Waals surface area contributed by atoms with Crippen molar-refractivity contribution in [3.8, 4) is 11.5 Å². The molecule has 0 aliphatic carbocycles. The second-order valence-corrected chi connectivity index (χ2v) is 7.62. The number of ether oxygens (including phenoxy) is 2. The van der Waals surface area contributed by atoms with Crippen molar-refractivity contribution < 1.29 is 28.2 Å². The number of hydrogen-bond acceptors (Lipinski definition) is 4. The predicted octanol–water partition coefficient (Wildman–Crippen LogP) is 4.09. The first-order valence-corrected chi connectivity index (χ1v) is 10.1. The van der Waals surface area contributed by atoms with Crippen molar-refractivity contribution in [1.82, 2.24) is 5.32 Å². The van der Waals surface area contributed by atoms with Crippen LogP contribution in [0.1, 0.15) is 31.4 Å². The zero-order valence-corrected chi connectivity index (χ0v) is 17.8. The number of amides is 1. The number of alkyl halides is 2. The molecule has 1 amide bonds. The Kier molecular flexibility index (Phi) is 9.00. The van der Waals surface area contributed by atoms with Gasteiger partial charge < -0.3 is 19.9 Å². The van der Waals surface area contributed by atoms with Gasteiger partial charge >= 0.3 is 0 Å². The van der Waals surface area contributed by atoms with Gasteiger partial charge in [0.25, 0.3) is 0 Å². The quantitative estimate of drug-likeness (QED) is 0.495. The van der Waals surface area contributed by atoms with Crippen molar-refractivity contribution in [1.29, 1.82) is 0 Å². The van der Waals surface area contributed by atoms with Crippen LogP contribution in [0.25, 0.3) is 0 Å². The van der Waals surface area contributed by atoms with Gasteiger partial charge in [-0.3, -0.25) is 4.79 Å². The number of halogens is 2. The number of benzene rings is 2. The summed E-state index contributed by atoms with van der Waals surface area (Å²) in [7, 11) is 0. The molecular weight excluding hydrogens is 404 g/mol. The number of rotatable bonds is 12. The maximum Gasteiger partial charge on any atom is 0.243 e. The normalized spacial score (nSPS) is 12.3. The lowest BCUT2D eigenvalue weighted by molar-refractivity contribution is -0.117. The van der Waals surface area contributed by atoms with Gasteiger partial charge in [0.2, 0.25) is 12.3 Å². The van der Waals surface area contributed by atoms with Gasteiger partial charge in [0.1, 0.15) is 24.2 Å². The number of aliphatic hydroxyl groups is 1. The zero-order valence-electron chi connectivity index (χ0n) is 17.8. The van der Waals surface area contributed by atoms with E-state index in [0.717, 1.165) is 17.2 Å². The lowest BCUT2D eigenvalue weighted by Gasteiger charge is -2.26. The molecule has 0 fully saturated rings. The van der Waals surface area contributed by atoms with E-state index in [1.54, 1.807) is 12.1 Å². The van der Waals surface area contributed by atoms with Crippen molar-refractivity contribution >= 4 is 5.91 Å². The van der Waals surface area contributed by atoms with E-state index in [0.29, 0.717) is 11.5 Å². The fourth-order valence-corrected chi connectivity index (χ4v) is 2.91. The van der Waals surface area contributed by atoms with Crippen LogP contribution in [0, 0.1) is 0 Å². The highest BCUT2D eigenvalue weighted by Crippen LogP contribution is 2.33. The number of carbonyl (C=O) groups excluding carboxylic acids is 1. The maximum absolute atomic E-state index is 12.2. The third kappa shape index (κ3) is 7.68. The molecule has 0 aliphatic heterocycles. The van der Waals surface area contributed by atoms with Crippen LogP contribution in [0.15, 0.2) is 61.2 Å². The molecule has 1 atom stereocenters. The molecule has 0 saturated carbocycles. The molecule has 2 aromatic rings. The van der Waals surface area contributed by atoms with Gasteiger partial charge in [-0.1, -0.05) is 44.7 Å². The average Bonchev–Trinajstić information content (AvgIpc) is 2.76. The molecule has 0 radical (unpaired) electrons. The summed E-state index contributed by atoms with van der Waals surface area (Å²) >= 11 is 0. The van der Waals surface area contributed by atoms with Crippen LogP contribution >= 0.6 is 0 Å². The van der Waals surface area contributed by atoms with Crippen molar-refractivity contribution in [2.75, 3.05) is 19.8 Å². The molecule has 31 heavy (non-hydrogen) atoms. The fraction of sp³-hybridized carbons (Fsp3) is 0.375. The largest absolute Gasteiger partial charge is 0.493 e. The van der Waals surface area contributed by atoms with Crippen LogP contribution in [-0.2, 0) is 10.2 Å². The molecule has 7 heteroatoms. The SMILES string of the molecule is C=CC(=O)NCC(O)COc1ccc(C(C)(C)c2ccc(OCCC(F)F)cc2)cc1. The monoisotopic (exact) mass is 433 g/mol. The Morgan fingerprint density at radius 1 is 1.06 bits per heavy atom. The number of nitrogens with one attached hydrogen (secondary N) is 1. The Hall–Kier alpha value is -2.93. The van der Waals surface area contributed by atoms with Crippen LogP contribution in [-0.4, -0.2) is 43.3 Å². The molecule has 2 aromatic carbocycles. The van der Waals surface area contributed by atoms with Crippen LogP contribution < -0.4 is 14.8 Å². The summed E-state index contributed by atoms with van der Waals surface area (Å²) in [6.07, 6.45) is -2.35. The van der Waals surface area contributed by atoms with Gasteiger partial charge in [0.05, 0.1) is 6.61 Å². The topological polar surface area (TPSA) is 67.8 Å². The number of carbonyl (C=O) groups is 1. The molecule has 168 valence electrons. The first-order valence-electron chi connectivity index (χ1n) is 10.1. The van der Waals surface area contributed by atoms with E-state index < -0.39 is 12.5 Å². The van der Waals surface area contributed by atoms with E-state index in [4.69, 9.17) is 9.47 Å². The summed E-state index contributed by atoms with van der Waals surface area (Å²) in [5, 5.41) is 12.4. The highest BCUT2D eigenvalue weighted by molar-refractivity contribution is 5.86. The van der Waals surface area contributed by atoms with Gasteiger partial charge in [-0.2, -0.15) is 0 Å². The third-order valence-electron chi connectivity index (χ3n) is 4.90. The lowest BCUT2D eigenvalue weighted by Crippen LogP contribution is -2.34. The average molecular weight is 433 g/mol. The zero-order chi connectivity index (χ0) is 22.9. The summed E-state index contributed by atoms with van der Waals surface area (Å²) in [6, 6.07) is 15.0. The summed E-state index contributed by atoms with van der Waals surface area (Å²) in [5.74, 6) is 0.821. The Balaban J connectivity index is 1.93. The van der Waals surface area contributed by atoms with Crippen molar-refractivity contribution in [3.05, 3.63) is 72.3 Å². The second kappa shape index (κ2) is 11.5. The van der Waals surface area contributed by atoms with Gasteiger partial charge in [-0.25, -0.2) is 8.78 Å². The van der Waals surface area contributed by atoms with E-state index >= 15 is 0 Å². The van der Waals surface area contributed by atoms with Gasteiger partial charge in [0, 0.05) is 18.4 Å². The smallest absolute Gasteiger partial charge is 0.243 e. The Bertz CT molecular complexity index is 836. The predicted molar refractivity (Wildman–Crippen MR) is 116 cm³/mol. The second-order valence-electron chi connectivity index (χ2n) is 7.62. The molecule has 0 aliphatic rings. The van der Waals surface area contributed by atoms with Crippen LogP contribution in [0.2, 0.25) is 0 Å². The van der Waals surface area contributed by atoms with E-state index in [9.17, 15) is 18.7 Å². The van der Waals surface area contributed by atoms with Gasteiger partial charge in [0.15, 0.2) is 0 Å². The minimum Gasteiger partial charge on any atom is -0.493 e. The number of hydrogen-bond donors (Lipinski definition) is 2. The molecular formula is C24H29F2NO4. The molecule has 0 heterocycles. The van der Waals surface area contributed by atoms with Crippen molar-refractivity contribution in [2.24, 2.45) is 0 Å². The number of aliphatic hydroxyl groups excluding tert-OH is 1. The Morgan fingerprint density at radius 2 is 1.58 bits per heavy atom. The molecule has 0 spiro atoms. The lowest BCUT2D eigenvalue weighted by atomic mass is 9.78. The van der Waals surface area contributed by atoms with Crippen molar-refractivity contribution in [2.45, 2.75) is 38.2 Å². The van der Waals surface area contributed by atoms with Crippen LogP contribution in [0.5, 0.6) is 11.5 Å².